The van der Waals surface area contributed by atoms with Gasteiger partial charge in [0.15, 0.2) is 5.82 Å². The molecule has 1 aliphatic carbocycles. The van der Waals surface area contributed by atoms with E-state index in [0.29, 0.717) is 17.5 Å². The van der Waals surface area contributed by atoms with Crippen LogP contribution in [0.25, 0.3) is 22.2 Å². The van der Waals surface area contributed by atoms with Gasteiger partial charge in [0.2, 0.25) is 0 Å². The molecule has 226 valence electrons. The number of carbonyl (C=O) groups is 1. The number of carbonyl (C=O) groups excluding carboxylic acids is 1. The van der Waals surface area contributed by atoms with Crippen molar-refractivity contribution in [3.05, 3.63) is 88.7 Å². The molecule has 0 bridgehead atoms. The standard InChI is InChI=1S/C31H27F5IN3O3/c1-29(2,42)22-13-24(40-27(25(22)33)16-4-8-21(32)9-5-16)30(37,19-6-7-19)15-39-28(41)18-10-17-11-20(31(34,35)36)14-38-26(17)23(12-18)43-3/h4-5,8-14,19,42H,6-7,15H2,1-3H3,(H,39,41). The first-order valence-corrected chi connectivity index (χ1v) is 14.4. The molecule has 1 atom stereocenters. The number of halogens is 6. The maximum absolute atomic E-state index is 15.7. The number of aromatic nitrogens is 2. The van der Waals surface area contributed by atoms with E-state index >= 15 is 4.39 Å². The van der Waals surface area contributed by atoms with Crippen molar-refractivity contribution in [2.24, 2.45) is 5.92 Å². The highest BCUT2D eigenvalue weighted by Gasteiger charge is 2.47. The van der Waals surface area contributed by atoms with Gasteiger partial charge in [-0.25, -0.2) is 13.8 Å². The molecule has 1 amide bonds. The molecule has 0 aliphatic heterocycles. The molecule has 0 spiro atoms. The molecule has 2 aromatic carbocycles. The number of rotatable bonds is 8. The van der Waals surface area contributed by atoms with Crippen LogP contribution in [0.5, 0.6) is 5.75 Å². The van der Waals surface area contributed by atoms with E-state index in [-0.39, 0.29) is 45.9 Å². The minimum Gasteiger partial charge on any atom is -0.494 e. The van der Waals surface area contributed by atoms with Crippen molar-refractivity contribution in [2.75, 3.05) is 13.7 Å². The van der Waals surface area contributed by atoms with Crippen LogP contribution in [0.3, 0.4) is 0 Å². The van der Waals surface area contributed by atoms with Crippen LogP contribution >= 0.6 is 22.6 Å². The van der Waals surface area contributed by atoms with Crippen LogP contribution in [0.15, 0.2) is 54.7 Å². The predicted octanol–water partition coefficient (Wildman–Crippen LogP) is 7.30. The number of methoxy groups -OCH3 is 1. The third-order valence-electron chi connectivity index (χ3n) is 7.45. The van der Waals surface area contributed by atoms with Gasteiger partial charge in [0, 0.05) is 34.8 Å². The molecular formula is C31H27F5IN3O3. The molecule has 2 heterocycles. The van der Waals surface area contributed by atoms with E-state index in [1.807, 2.05) is 0 Å². The van der Waals surface area contributed by atoms with Crippen molar-refractivity contribution < 1.29 is 36.6 Å². The number of fused-ring (bicyclic) bond motifs is 1. The molecule has 6 nitrogen and oxygen atoms in total. The fraction of sp³-hybridized carbons (Fsp3) is 0.323. The molecule has 1 saturated carbocycles. The molecule has 1 unspecified atom stereocenters. The molecule has 12 heteroatoms. The summed E-state index contributed by atoms with van der Waals surface area (Å²) in [6, 6.07) is 10.3. The summed E-state index contributed by atoms with van der Waals surface area (Å²) in [4.78, 5) is 21.9. The fourth-order valence-electron chi connectivity index (χ4n) is 4.94. The summed E-state index contributed by atoms with van der Waals surface area (Å²) in [7, 11) is 1.33. The summed E-state index contributed by atoms with van der Waals surface area (Å²) in [6.07, 6.45) is -2.27. The lowest BCUT2D eigenvalue weighted by atomic mass is 9.90. The molecule has 2 aromatic heterocycles. The maximum Gasteiger partial charge on any atom is 0.417 e. The number of amides is 1. The first kappa shape index (κ1) is 31.0. The topological polar surface area (TPSA) is 84.3 Å². The lowest BCUT2D eigenvalue weighted by Crippen LogP contribution is -2.39. The number of aliphatic hydroxyl groups is 1. The van der Waals surface area contributed by atoms with E-state index in [2.05, 4.69) is 37.9 Å². The summed E-state index contributed by atoms with van der Waals surface area (Å²) >= 11 is 2.18. The molecular weight excluding hydrogens is 684 g/mol. The highest BCUT2D eigenvalue weighted by Crippen LogP contribution is 2.52. The number of ether oxygens (including phenoxy) is 1. The maximum atomic E-state index is 15.7. The van der Waals surface area contributed by atoms with Gasteiger partial charge in [-0.1, -0.05) is 22.6 Å². The van der Waals surface area contributed by atoms with Crippen molar-refractivity contribution in [1.82, 2.24) is 15.3 Å². The van der Waals surface area contributed by atoms with E-state index in [9.17, 15) is 27.5 Å². The van der Waals surface area contributed by atoms with Gasteiger partial charge in [-0.05, 0) is 81.1 Å². The number of nitrogens with zero attached hydrogens (tertiary/aromatic N) is 2. The Kier molecular flexibility index (Phi) is 8.14. The molecule has 1 fully saturated rings. The van der Waals surface area contributed by atoms with Crippen LogP contribution in [-0.2, 0) is 15.2 Å². The van der Waals surface area contributed by atoms with E-state index in [0.717, 1.165) is 18.9 Å². The highest BCUT2D eigenvalue weighted by molar-refractivity contribution is 14.1. The van der Waals surface area contributed by atoms with Gasteiger partial charge in [-0.15, -0.1) is 0 Å². The normalized spacial score (nSPS) is 15.3. The number of benzene rings is 2. The Morgan fingerprint density at radius 2 is 1.77 bits per heavy atom. The van der Waals surface area contributed by atoms with E-state index in [1.54, 1.807) is 0 Å². The minimum absolute atomic E-state index is 0.00271. The summed E-state index contributed by atoms with van der Waals surface area (Å²) in [6.45, 7) is 2.94. The lowest BCUT2D eigenvalue weighted by Gasteiger charge is -2.30. The Balaban J connectivity index is 1.52. The molecule has 0 saturated heterocycles. The molecule has 2 N–H and O–H groups in total. The Labute approximate surface area is 257 Å². The Hall–Kier alpha value is -3.39. The number of hydrogen-bond donors (Lipinski definition) is 2. The van der Waals surface area contributed by atoms with E-state index in [4.69, 9.17) is 4.74 Å². The van der Waals surface area contributed by atoms with Crippen molar-refractivity contribution in [3.8, 4) is 17.0 Å². The number of alkyl halides is 4. The van der Waals surface area contributed by atoms with E-state index in [1.165, 1.54) is 63.4 Å². The van der Waals surface area contributed by atoms with Crippen molar-refractivity contribution in [3.63, 3.8) is 0 Å². The minimum atomic E-state index is -4.62. The van der Waals surface area contributed by atoms with Gasteiger partial charge < -0.3 is 15.2 Å². The largest absolute Gasteiger partial charge is 0.494 e. The predicted molar refractivity (Wildman–Crippen MR) is 159 cm³/mol. The Morgan fingerprint density at radius 1 is 1.09 bits per heavy atom. The smallest absolute Gasteiger partial charge is 0.417 e. The first-order valence-electron chi connectivity index (χ1n) is 13.3. The number of pyridine rings is 2. The van der Waals surface area contributed by atoms with Crippen LogP contribution in [0.4, 0.5) is 22.0 Å². The molecule has 5 rings (SSSR count). The quantitative estimate of drug-likeness (QED) is 0.114. The lowest BCUT2D eigenvalue weighted by molar-refractivity contribution is -0.137. The third kappa shape index (κ3) is 6.30. The molecule has 43 heavy (non-hydrogen) atoms. The Bertz CT molecular complexity index is 1700. The third-order valence-corrected chi connectivity index (χ3v) is 9.26. The zero-order valence-corrected chi connectivity index (χ0v) is 25.5. The summed E-state index contributed by atoms with van der Waals surface area (Å²) in [5.74, 6) is -1.60. The summed E-state index contributed by atoms with van der Waals surface area (Å²) in [5.41, 5.74) is -1.61. The molecule has 4 aromatic rings. The van der Waals surface area contributed by atoms with Gasteiger partial charge in [0.25, 0.3) is 5.91 Å². The Morgan fingerprint density at radius 3 is 2.35 bits per heavy atom. The van der Waals surface area contributed by atoms with Crippen LogP contribution < -0.4 is 10.1 Å². The van der Waals surface area contributed by atoms with Crippen molar-refractivity contribution in [2.45, 2.75) is 41.9 Å². The van der Waals surface area contributed by atoms with E-state index < -0.39 is 38.3 Å². The average Bonchev–Trinajstić information content (AvgIpc) is 3.80. The van der Waals surface area contributed by atoms with Crippen LogP contribution in [0.1, 0.15) is 53.9 Å². The van der Waals surface area contributed by atoms with Crippen molar-refractivity contribution in [1.29, 1.82) is 0 Å². The van der Waals surface area contributed by atoms with Crippen LogP contribution in [-0.4, -0.2) is 34.6 Å². The zero-order chi connectivity index (χ0) is 31.3. The van der Waals surface area contributed by atoms with Gasteiger partial charge in [0.1, 0.15) is 22.8 Å². The number of hydrogen-bond acceptors (Lipinski definition) is 5. The fourth-order valence-corrected chi connectivity index (χ4v) is 6.03. The van der Waals surface area contributed by atoms with Gasteiger partial charge in [-0.3, -0.25) is 9.78 Å². The van der Waals surface area contributed by atoms with Gasteiger partial charge in [0.05, 0.1) is 27.4 Å². The summed E-state index contributed by atoms with van der Waals surface area (Å²) < 4.78 is 73.8. The second-order valence-electron chi connectivity index (χ2n) is 11.1. The van der Waals surface area contributed by atoms with Crippen LogP contribution in [0, 0.1) is 17.6 Å². The number of nitrogens with one attached hydrogen (secondary N) is 1. The second kappa shape index (κ2) is 11.3. The van der Waals surface area contributed by atoms with Gasteiger partial charge >= 0.3 is 6.18 Å². The second-order valence-corrected chi connectivity index (χ2v) is 13.0. The SMILES string of the molecule is COc1cc(C(=O)NCC(I)(c2cc(C(C)(C)O)c(F)c(-c3ccc(F)cc3)n2)C2CC2)cc2cc(C(F)(F)F)cnc12. The monoisotopic (exact) mass is 711 g/mol. The zero-order valence-electron chi connectivity index (χ0n) is 23.3. The summed E-state index contributed by atoms with van der Waals surface area (Å²) in [5, 5.41) is 13.8. The molecule has 1 aliphatic rings. The van der Waals surface area contributed by atoms with Gasteiger partial charge in [-0.2, -0.15) is 13.2 Å². The average molecular weight is 711 g/mol. The highest BCUT2D eigenvalue weighted by atomic mass is 127. The molecule has 0 radical (unpaired) electrons. The first-order chi connectivity index (χ1) is 20.1. The van der Waals surface area contributed by atoms with Crippen LogP contribution in [0.2, 0.25) is 0 Å². The van der Waals surface area contributed by atoms with Crippen molar-refractivity contribution >= 4 is 39.4 Å².